The molecule has 0 saturated carbocycles. The molecule has 0 bridgehead atoms. The summed E-state index contributed by atoms with van der Waals surface area (Å²) in [5, 5.41) is 5.46. The van der Waals surface area contributed by atoms with Crippen molar-refractivity contribution in [2.45, 2.75) is 26.3 Å². The van der Waals surface area contributed by atoms with E-state index in [1.807, 2.05) is 18.3 Å². The Kier molecular flexibility index (Phi) is 5.17. The lowest BCUT2D eigenvalue weighted by molar-refractivity contribution is 0.648. The van der Waals surface area contributed by atoms with Gasteiger partial charge in [0, 0.05) is 29.1 Å². The molecule has 2 nitrogen and oxygen atoms in total. The maximum Gasteiger partial charge on any atom is 0.0928 e. The highest BCUT2D eigenvalue weighted by molar-refractivity contribution is 7.11. The van der Waals surface area contributed by atoms with Crippen LogP contribution in [0, 0.1) is 6.92 Å². The Morgan fingerprint density at radius 3 is 2.72 bits per heavy atom. The third kappa shape index (κ3) is 4.41. The molecule has 0 spiro atoms. The van der Waals surface area contributed by atoms with Crippen LogP contribution in [-0.2, 0) is 13.0 Å². The predicted octanol–water partition coefficient (Wildman–Crippen LogP) is 3.83. The number of rotatable bonds is 6. The lowest BCUT2D eigenvalue weighted by atomic mass is 10.2. The van der Waals surface area contributed by atoms with Crippen molar-refractivity contribution in [2.24, 2.45) is 0 Å². The molecule has 1 aromatic carbocycles. The van der Waals surface area contributed by atoms with Gasteiger partial charge in [-0.05, 0) is 37.6 Å². The van der Waals surface area contributed by atoms with Crippen LogP contribution >= 0.6 is 22.9 Å². The number of hydrogen-bond acceptors (Lipinski definition) is 3. The Morgan fingerprint density at radius 1 is 1.28 bits per heavy atom. The highest BCUT2D eigenvalue weighted by Gasteiger charge is 1.98. The summed E-state index contributed by atoms with van der Waals surface area (Å²) >= 11 is 7.63. The fraction of sp³-hybridized carbons (Fsp3) is 0.357. The molecule has 1 heterocycles. The third-order valence-electron chi connectivity index (χ3n) is 2.66. The van der Waals surface area contributed by atoms with E-state index in [0.29, 0.717) is 0 Å². The van der Waals surface area contributed by atoms with Gasteiger partial charge in [-0.2, -0.15) is 0 Å². The lowest BCUT2D eigenvalue weighted by Gasteiger charge is -2.04. The summed E-state index contributed by atoms with van der Waals surface area (Å²) in [7, 11) is 0. The van der Waals surface area contributed by atoms with Gasteiger partial charge in [0.15, 0.2) is 0 Å². The molecular weight excluding hydrogens is 264 g/mol. The number of halogens is 1. The van der Waals surface area contributed by atoms with Gasteiger partial charge in [-0.25, -0.2) is 4.98 Å². The highest BCUT2D eigenvalue weighted by atomic mass is 35.5. The second-order valence-electron chi connectivity index (χ2n) is 4.27. The van der Waals surface area contributed by atoms with Crippen molar-refractivity contribution < 1.29 is 0 Å². The van der Waals surface area contributed by atoms with Crippen molar-refractivity contribution in [3.63, 3.8) is 0 Å². The van der Waals surface area contributed by atoms with Gasteiger partial charge in [0.1, 0.15) is 0 Å². The molecule has 0 radical (unpaired) electrons. The molecule has 2 aromatic rings. The van der Waals surface area contributed by atoms with Gasteiger partial charge >= 0.3 is 0 Å². The third-order valence-corrected chi connectivity index (χ3v) is 3.88. The fourth-order valence-electron chi connectivity index (χ4n) is 1.72. The first-order chi connectivity index (χ1) is 8.74. The summed E-state index contributed by atoms with van der Waals surface area (Å²) in [6.07, 6.45) is 4.13. The number of aromatic nitrogens is 1. The molecule has 1 N–H and O–H groups in total. The molecule has 1 aromatic heterocycles. The van der Waals surface area contributed by atoms with Gasteiger partial charge in [-0.1, -0.05) is 23.7 Å². The van der Waals surface area contributed by atoms with Crippen LogP contribution in [0.3, 0.4) is 0 Å². The van der Waals surface area contributed by atoms with Gasteiger partial charge in [-0.15, -0.1) is 11.3 Å². The largest absolute Gasteiger partial charge is 0.313 e. The average molecular weight is 281 g/mol. The maximum atomic E-state index is 5.84. The van der Waals surface area contributed by atoms with E-state index in [2.05, 4.69) is 29.4 Å². The number of nitrogens with one attached hydrogen (secondary N) is 1. The van der Waals surface area contributed by atoms with Gasteiger partial charge in [0.25, 0.3) is 0 Å². The summed E-state index contributed by atoms with van der Waals surface area (Å²) in [6.45, 7) is 4.01. The monoisotopic (exact) mass is 280 g/mol. The van der Waals surface area contributed by atoms with Gasteiger partial charge in [0.2, 0.25) is 0 Å². The van der Waals surface area contributed by atoms with Crippen LogP contribution in [0.2, 0.25) is 5.02 Å². The molecule has 18 heavy (non-hydrogen) atoms. The standard InChI is InChI=1S/C14H17ClN2S/c1-11-9-17-14(18-11)3-2-8-16-10-12-4-6-13(15)7-5-12/h4-7,9,16H,2-3,8,10H2,1H3. The van der Waals surface area contributed by atoms with E-state index in [1.165, 1.54) is 15.4 Å². The van der Waals surface area contributed by atoms with Crippen LogP contribution in [0.5, 0.6) is 0 Å². The van der Waals surface area contributed by atoms with E-state index < -0.39 is 0 Å². The lowest BCUT2D eigenvalue weighted by Crippen LogP contribution is -2.15. The van der Waals surface area contributed by atoms with E-state index in [4.69, 9.17) is 11.6 Å². The molecular formula is C14H17ClN2S. The predicted molar refractivity (Wildman–Crippen MR) is 78.3 cm³/mol. The van der Waals surface area contributed by atoms with Crippen LogP contribution in [0.4, 0.5) is 0 Å². The van der Waals surface area contributed by atoms with Crippen LogP contribution in [-0.4, -0.2) is 11.5 Å². The van der Waals surface area contributed by atoms with Crippen molar-refractivity contribution in [3.05, 3.63) is 50.9 Å². The second kappa shape index (κ2) is 6.88. The van der Waals surface area contributed by atoms with E-state index in [0.717, 1.165) is 31.0 Å². The van der Waals surface area contributed by atoms with Crippen molar-refractivity contribution >= 4 is 22.9 Å². The molecule has 0 amide bonds. The summed E-state index contributed by atoms with van der Waals surface area (Å²) in [5.74, 6) is 0. The SMILES string of the molecule is Cc1cnc(CCCNCc2ccc(Cl)cc2)s1. The van der Waals surface area contributed by atoms with Crippen LogP contribution in [0.15, 0.2) is 30.5 Å². The van der Waals surface area contributed by atoms with Crippen molar-refractivity contribution in [2.75, 3.05) is 6.54 Å². The molecule has 2 rings (SSSR count). The van der Waals surface area contributed by atoms with Crippen molar-refractivity contribution in [1.29, 1.82) is 0 Å². The van der Waals surface area contributed by atoms with Crippen molar-refractivity contribution in [1.82, 2.24) is 10.3 Å². The zero-order chi connectivity index (χ0) is 12.8. The smallest absolute Gasteiger partial charge is 0.0928 e. The van der Waals surface area contributed by atoms with E-state index in [9.17, 15) is 0 Å². The average Bonchev–Trinajstić information content (AvgIpc) is 2.77. The first-order valence-corrected chi connectivity index (χ1v) is 7.30. The Hall–Kier alpha value is -0.900. The minimum Gasteiger partial charge on any atom is -0.313 e. The minimum atomic E-state index is 0.790. The molecule has 0 fully saturated rings. The van der Waals surface area contributed by atoms with E-state index in [-0.39, 0.29) is 0 Å². The minimum absolute atomic E-state index is 0.790. The second-order valence-corrected chi connectivity index (χ2v) is 6.03. The van der Waals surface area contributed by atoms with Gasteiger partial charge in [-0.3, -0.25) is 0 Å². The van der Waals surface area contributed by atoms with Crippen molar-refractivity contribution in [3.8, 4) is 0 Å². The van der Waals surface area contributed by atoms with Gasteiger partial charge in [0.05, 0.1) is 5.01 Å². The Balaban J connectivity index is 1.63. The number of hydrogen-bond donors (Lipinski definition) is 1. The molecule has 4 heteroatoms. The fourth-order valence-corrected chi connectivity index (χ4v) is 2.67. The molecule has 96 valence electrons. The normalized spacial score (nSPS) is 10.8. The molecule has 0 aliphatic carbocycles. The quantitative estimate of drug-likeness (QED) is 0.814. The molecule has 0 unspecified atom stereocenters. The highest BCUT2D eigenvalue weighted by Crippen LogP contribution is 2.12. The topological polar surface area (TPSA) is 24.9 Å². The van der Waals surface area contributed by atoms with Crippen LogP contribution < -0.4 is 5.32 Å². The zero-order valence-electron chi connectivity index (χ0n) is 10.4. The Bertz CT molecular complexity index is 479. The van der Waals surface area contributed by atoms with Crippen LogP contribution in [0.1, 0.15) is 21.9 Å². The summed E-state index contributed by atoms with van der Waals surface area (Å²) in [5.41, 5.74) is 1.27. The summed E-state index contributed by atoms with van der Waals surface area (Å²) < 4.78 is 0. The summed E-state index contributed by atoms with van der Waals surface area (Å²) in [6, 6.07) is 7.97. The number of benzene rings is 1. The number of thiazole rings is 1. The maximum absolute atomic E-state index is 5.84. The Morgan fingerprint density at radius 2 is 2.06 bits per heavy atom. The Labute approximate surface area is 117 Å². The molecule has 0 saturated heterocycles. The molecule has 0 aliphatic rings. The van der Waals surface area contributed by atoms with Gasteiger partial charge < -0.3 is 5.32 Å². The van der Waals surface area contributed by atoms with E-state index in [1.54, 1.807) is 11.3 Å². The summed E-state index contributed by atoms with van der Waals surface area (Å²) in [4.78, 5) is 5.65. The zero-order valence-corrected chi connectivity index (χ0v) is 12.0. The first kappa shape index (κ1) is 13.5. The number of aryl methyl sites for hydroxylation is 2. The molecule has 0 atom stereocenters. The number of nitrogens with zero attached hydrogens (tertiary/aromatic N) is 1. The first-order valence-electron chi connectivity index (χ1n) is 6.10. The van der Waals surface area contributed by atoms with Crippen LogP contribution in [0.25, 0.3) is 0 Å². The molecule has 0 aliphatic heterocycles. The van der Waals surface area contributed by atoms with E-state index >= 15 is 0 Å².